The minimum atomic E-state index is -0.959. The molecule has 0 atom stereocenters. The van der Waals surface area contributed by atoms with Crippen LogP contribution in [0.25, 0.3) is 0 Å². The Hall–Kier alpha value is -1.58. The number of alkyl halides is 1. The molecule has 1 aromatic rings. The first-order chi connectivity index (χ1) is 6.69. The van der Waals surface area contributed by atoms with Crippen molar-refractivity contribution >= 4 is 5.97 Å². The van der Waals surface area contributed by atoms with Crippen LogP contribution in [0.4, 0.5) is 4.39 Å². The molecular formula is C10H11FO3. The number of carboxylic acids is 1. The number of carbonyl (C=O) groups is 1. The van der Waals surface area contributed by atoms with Crippen LogP contribution in [-0.2, 0) is 17.9 Å². The summed E-state index contributed by atoms with van der Waals surface area (Å²) in [6.45, 7) is -0.656. The molecule has 1 rings (SSSR count). The lowest BCUT2D eigenvalue weighted by Crippen LogP contribution is -2.03. The van der Waals surface area contributed by atoms with E-state index in [9.17, 15) is 9.18 Å². The Labute approximate surface area is 81.1 Å². The van der Waals surface area contributed by atoms with Crippen molar-refractivity contribution in [1.82, 2.24) is 0 Å². The first-order valence-electron chi connectivity index (χ1n) is 4.11. The lowest BCUT2D eigenvalue weighted by atomic mass is 10.1. The molecule has 0 bridgehead atoms. The number of methoxy groups -OCH3 is 1. The van der Waals surface area contributed by atoms with Gasteiger partial charge in [0.2, 0.25) is 0 Å². The van der Waals surface area contributed by atoms with Gasteiger partial charge in [0, 0.05) is 11.1 Å². The molecule has 3 nitrogen and oxygen atoms in total. The molecule has 0 unspecified atom stereocenters. The summed E-state index contributed by atoms with van der Waals surface area (Å²) in [6, 6.07) is 4.81. The zero-order valence-electron chi connectivity index (χ0n) is 7.79. The maximum atomic E-state index is 12.5. The van der Waals surface area contributed by atoms with Crippen molar-refractivity contribution in [2.45, 2.75) is 13.1 Å². The second-order valence-electron chi connectivity index (χ2n) is 2.81. The molecule has 0 saturated heterocycles. The van der Waals surface area contributed by atoms with Crippen LogP contribution in [0.1, 0.15) is 11.1 Å². The van der Waals surface area contributed by atoms with E-state index in [2.05, 4.69) is 0 Å². The topological polar surface area (TPSA) is 46.5 Å². The average Bonchev–Trinajstić information content (AvgIpc) is 2.16. The third-order valence-electron chi connectivity index (χ3n) is 1.87. The highest BCUT2D eigenvalue weighted by atomic mass is 19.1. The van der Waals surface area contributed by atoms with Crippen molar-refractivity contribution in [2.75, 3.05) is 7.11 Å². The SMILES string of the molecule is COc1c(CF)cccc1CC(=O)O. The molecule has 1 aromatic carbocycles. The number of para-hydroxylation sites is 1. The highest BCUT2D eigenvalue weighted by Crippen LogP contribution is 2.24. The maximum Gasteiger partial charge on any atom is 0.307 e. The van der Waals surface area contributed by atoms with Gasteiger partial charge < -0.3 is 9.84 Å². The van der Waals surface area contributed by atoms with Crippen molar-refractivity contribution < 1.29 is 19.0 Å². The smallest absolute Gasteiger partial charge is 0.307 e. The van der Waals surface area contributed by atoms with Crippen molar-refractivity contribution in [1.29, 1.82) is 0 Å². The molecule has 1 N–H and O–H groups in total. The summed E-state index contributed by atoms with van der Waals surface area (Å²) in [5.74, 6) is -0.628. The second kappa shape index (κ2) is 4.60. The summed E-state index contributed by atoms with van der Waals surface area (Å²) in [6.07, 6.45) is -0.156. The maximum absolute atomic E-state index is 12.5. The van der Waals surface area contributed by atoms with Crippen LogP contribution >= 0.6 is 0 Å². The fourth-order valence-electron chi connectivity index (χ4n) is 1.31. The molecule has 0 heterocycles. The van der Waals surface area contributed by atoms with Gasteiger partial charge in [0.1, 0.15) is 12.4 Å². The summed E-state index contributed by atoms with van der Waals surface area (Å²) >= 11 is 0. The zero-order chi connectivity index (χ0) is 10.6. The minimum absolute atomic E-state index is 0.156. The Morgan fingerprint density at radius 1 is 1.50 bits per heavy atom. The normalized spacial score (nSPS) is 9.86. The molecule has 76 valence electrons. The summed E-state index contributed by atoms with van der Waals surface area (Å²) in [7, 11) is 1.40. The van der Waals surface area contributed by atoms with Crippen molar-refractivity contribution in [3.63, 3.8) is 0 Å². The monoisotopic (exact) mass is 198 g/mol. The zero-order valence-corrected chi connectivity index (χ0v) is 7.79. The second-order valence-corrected chi connectivity index (χ2v) is 2.81. The van der Waals surface area contributed by atoms with E-state index in [1.807, 2.05) is 0 Å². The Morgan fingerprint density at radius 3 is 2.64 bits per heavy atom. The van der Waals surface area contributed by atoms with Gasteiger partial charge in [0.25, 0.3) is 0 Å². The van der Waals surface area contributed by atoms with E-state index in [-0.39, 0.29) is 6.42 Å². The number of aliphatic carboxylic acids is 1. The number of hydrogen-bond acceptors (Lipinski definition) is 2. The minimum Gasteiger partial charge on any atom is -0.496 e. The highest BCUT2D eigenvalue weighted by molar-refractivity contribution is 5.71. The largest absolute Gasteiger partial charge is 0.496 e. The predicted octanol–water partition coefficient (Wildman–Crippen LogP) is 1.79. The fourth-order valence-corrected chi connectivity index (χ4v) is 1.31. The number of rotatable bonds is 4. The molecule has 0 amide bonds. The lowest BCUT2D eigenvalue weighted by molar-refractivity contribution is -0.136. The highest BCUT2D eigenvalue weighted by Gasteiger charge is 2.11. The predicted molar refractivity (Wildman–Crippen MR) is 49.1 cm³/mol. The molecule has 0 aliphatic carbocycles. The van der Waals surface area contributed by atoms with E-state index in [0.717, 1.165) is 0 Å². The van der Waals surface area contributed by atoms with Crippen LogP contribution in [0.5, 0.6) is 5.75 Å². The van der Waals surface area contributed by atoms with Crippen LogP contribution in [0.3, 0.4) is 0 Å². The number of benzene rings is 1. The Bertz CT molecular complexity index is 336. The molecule has 0 spiro atoms. The van der Waals surface area contributed by atoms with E-state index >= 15 is 0 Å². The van der Waals surface area contributed by atoms with Crippen LogP contribution < -0.4 is 4.74 Å². The van der Waals surface area contributed by atoms with Gasteiger partial charge in [-0.2, -0.15) is 0 Å². The van der Waals surface area contributed by atoms with E-state index in [1.165, 1.54) is 7.11 Å². The molecule has 0 aliphatic heterocycles. The van der Waals surface area contributed by atoms with E-state index in [1.54, 1.807) is 18.2 Å². The van der Waals surface area contributed by atoms with Gasteiger partial charge in [-0.1, -0.05) is 18.2 Å². The number of halogens is 1. The van der Waals surface area contributed by atoms with Crippen LogP contribution in [-0.4, -0.2) is 18.2 Å². The van der Waals surface area contributed by atoms with Crippen LogP contribution in [0.15, 0.2) is 18.2 Å². The van der Waals surface area contributed by atoms with Gasteiger partial charge in [0.05, 0.1) is 13.5 Å². The molecule has 4 heteroatoms. The molecule has 0 aliphatic rings. The first kappa shape index (κ1) is 10.5. The Balaban J connectivity index is 3.08. The van der Waals surface area contributed by atoms with Crippen LogP contribution in [0, 0.1) is 0 Å². The van der Waals surface area contributed by atoms with Crippen molar-refractivity contribution in [3.05, 3.63) is 29.3 Å². The Kier molecular flexibility index (Phi) is 3.45. The lowest BCUT2D eigenvalue weighted by Gasteiger charge is -2.09. The van der Waals surface area contributed by atoms with E-state index < -0.39 is 12.6 Å². The average molecular weight is 198 g/mol. The van der Waals surface area contributed by atoms with Gasteiger partial charge in [-0.05, 0) is 0 Å². The van der Waals surface area contributed by atoms with E-state index in [0.29, 0.717) is 16.9 Å². The summed E-state index contributed by atoms with van der Waals surface area (Å²) in [5.41, 5.74) is 0.876. The van der Waals surface area contributed by atoms with Gasteiger partial charge in [0.15, 0.2) is 0 Å². The molecule has 0 fully saturated rings. The number of hydrogen-bond donors (Lipinski definition) is 1. The molecule has 0 saturated carbocycles. The summed E-state index contributed by atoms with van der Waals surface area (Å²) in [4.78, 5) is 10.5. The fraction of sp³-hybridized carbons (Fsp3) is 0.300. The molecule has 0 aromatic heterocycles. The standard InChI is InChI=1S/C10H11FO3/c1-14-10-7(5-9(12)13)3-2-4-8(10)6-11/h2-4H,5-6H2,1H3,(H,12,13). The van der Waals surface area contributed by atoms with E-state index in [4.69, 9.17) is 9.84 Å². The van der Waals surface area contributed by atoms with Gasteiger partial charge in [-0.15, -0.1) is 0 Å². The third-order valence-corrected chi connectivity index (χ3v) is 1.87. The van der Waals surface area contributed by atoms with Gasteiger partial charge >= 0.3 is 5.97 Å². The summed E-state index contributed by atoms with van der Waals surface area (Å²) in [5, 5.41) is 8.60. The van der Waals surface area contributed by atoms with Gasteiger partial charge in [-0.25, -0.2) is 4.39 Å². The van der Waals surface area contributed by atoms with Gasteiger partial charge in [-0.3, -0.25) is 4.79 Å². The van der Waals surface area contributed by atoms with Crippen molar-refractivity contribution in [2.24, 2.45) is 0 Å². The molecule has 14 heavy (non-hydrogen) atoms. The number of ether oxygens (including phenoxy) is 1. The first-order valence-corrected chi connectivity index (χ1v) is 4.11. The summed E-state index contributed by atoms with van der Waals surface area (Å²) < 4.78 is 17.4. The quantitative estimate of drug-likeness (QED) is 0.802. The Morgan fingerprint density at radius 2 is 2.14 bits per heavy atom. The molecule has 0 radical (unpaired) electrons. The third kappa shape index (κ3) is 2.22. The van der Waals surface area contributed by atoms with Crippen LogP contribution in [0.2, 0.25) is 0 Å². The molecular weight excluding hydrogens is 187 g/mol. The number of carboxylic acid groups (broad SMARTS) is 1. The van der Waals surface area contributed by atoms with Crippen molar-refractivity contribution in [3.8, 4) is 5.75 Å².